The zero-order chi connectivity index (χ0) is 26.8. The monoisotopic (exact) mass is 525 g/mol. The minimum Gasteiger partial charge on any atom is -0.493 e. The maximum atomic E-state index is 13.5. The predicted molar refractivity (Wildman–Crippen MR) is 137 cm³/mol. The lowest BCUT2D eigenvalue weighted by Crippen LogP contribution is -2.39. The van der Waals surface area contributed by atoms with Crippen LogP contribution in [-0.4, -0.2) is 58.7 Å². The van der Waals surface area contributed by atoms with Crippen molar-refractivity contribution in [1.29, 1.82) is 0 Å². The Bertz CT molecular complexity index is 1360. The van der Waals surface area contributed by atoms with E-state index in [-0.39, 0.29) is 17.2 Å². The Kier molecular flexibility index (Phi) is 9.36. The van der Waals surface area contributed by atoms with Gasteiger partial charge in [0.1, 0.15) is 0 Å². The minimum absolute atomic E-state index is 0.0381. The third-order valence-electron chi connectivity index (χ3n) is 5.25. The first-order chi connectivity index (χ1) is 17.8. The maximum Gasteiger partial charge on any atom is 0.337 e. The van der Waals surface area contributed by atoms with E-state index in [9.17, 15) is 18.0 Å². The lowest BCUT2D eigenvalue weighted by molar-refractivity contribution is -0.121. The number of methoxy groups -OCH3 is 3. The zero-order valence-corrected chi connectivity index (χ0v) is 21.4. The van der Waals surface area contributed by atoms with E-state index in [1.54, 1.807) is 48.5 Å². The van der Waals surface area contributed by atoms with Crippen LogP contribution < -0.4 is 14.9 Å². The summed E-state index contributed by atoms with van der Waals surface area (Å²) in [6.07, 6.45) is 1.38. The number of hydrogen-bond acceptors (Lipinski definition) is 8. The van der Waals surface area contributed by atoms with Crippen LogP contribution >= 0.6 is 0 Å². The van der Waals surface area contributed by atoms with Gasteiger partial charge in [0, 0.05) is 12.6 Å². The Balaban J connectivity index is 1.78. The van der Waals surface area contributed by atoms with Crippen LogP contribution in [0.2, 0.25) is 0 Å². The molecule has 1 N–H and O–H groups in total. The second kappa shape index (κ2) is 12.7. The highest BCUT2D eigenvalue weighted by molar-refractivity contribution is 7.89. The molecule has 37 heavy (non-hydrogen) atoms. The van der Waals surface area contributed by atoms with Gasteiger partial charge in [0.15, 0.2) is 11.5 Å². The van der Waals surface area contributed by atoms with Gasteiger partial charge in [-0.2, -0.15) is 9.41 Å². The molecule has 0 aliphatic rings. The Labute approximate surface area is 215 Å². The molecule has 3 aromatic carbocycles. The summed E-state index contributed by atoms with van der Waals surface area (Å²) in [5.74, 6) is -0.480. The predicted octanol–water partition coefficient (Wildman–Crippen LogP) is 2.83. The molecule has 0 spiro atoms. The van der Waals surface area contributed by atoms with E-state index < -0.39 is 28.4 Å². The number of hydrogen-bond donors (Lipinski definition) is 1. The molecule has 0 bridgehead atoms. The molecule has 1 amide bonds. The van der Waals surface area contributed by atoms with Gasteiger partial charge < -0.3 is 14.2 Å². The molecule has 0 aromatic heterocycles. The first-order valence-corrected chi connectivity index (χ1v) is 12.5. The number of ether oxygens (including phenoxy) is 3. The van der Waals surface area contributed by atoms with Crippen molar-refractivity contribution >= 4 is 28.1 Å². The molecule has 0 aliphatic heterocycles. The van der Waals surface area contributed by atoms with Crippen LogP contribution in [0.3, 0.4) is 0 Å². The van der Waals surface area contributed by atoms with Crippen LogP contribution in [-0.2, 0) is 26.1 Å². The summed E-state index contributed by atoms with van der Waals surface area (Å²) in [5, 5.41) is 3.90. The maximum absolute atomic E-state index is 13.5. The van der Waals surface area contributed by atoms with Crippen molar-refractivity contribution in [3.63, 3.8) is 0 Å². The van der Waals surface area contributed by atoms with Crippen LogP contribution in [0.15, 0.2) is 82.8 Å². The molecule has 10 nitrogen and oxygen atoms in total. The van der Waals surface area contributed by atoms with Crippen molar-refractivity contribution < 1.29 is 32.2 Å². The number of rotatable bonds is 11. The third-order valence-corrected chi connectivity index (χ3v) is 7.04. The first kappa shape index (κ1) is 27.4. The molecule has 3 rings (SSSR count). The molecule has 194 valence electrons. The van der Waals surface area contributed by atoms with E-state index in [1.807, 2.05) is 6.07 Å². The summed E-state index contributed by atoms with van der Waals surface area (Å²) in [4.78, 5) is 24.2. The number of nitrogens with zero attached hydrogens (tertiary/aromatic N) is 2. The fourth-order valence-corrected chi connectivity index (χ4v) is 4.74. The normalized spacial score (nSPS) is 11.4. The molecule has 0 aliphatic carbocycles. The summed E-state index contributed by atoms with van der Waals surface area (Å²) in [7, 11) is 0.0457. The van der Waals surface area contributed by atoms with E-state index in [2.05, 4.69) is 15.3 Å². The van der Waals surface area contributed by atoms with E-state index in [0.29, 0.717) is 22.4 Å². The third kappa shape index (κ3) is 7.15. The van der Waals surface area contributed by atoms with Crippen molar-refractivity contribution in [3.8, 4) is 11.5 Å². The number of sulfonamides is 1. The van der Waals surface area contributed by atoms with Gasteiger partial charge in [-0.25, -0.2) is 18.6 Å². The highest BCUT2D eigenvalue weighted by atomic mass is 32.2. The lowest BCUT2D eigenvalue weighted by Gasteiger charge is -2.22. The number of carbonyl (C=O) groups excluding carboxylic acids is 2. The lowest BCUT2D eigenvalue weighted by atomic mass is 10.1. The van der Waals surface area contributed by atoms with Crippen LogP contribution in [0.5, 0.6) is 11.5 Å². The van der Waals surface area contributed by atoms with Crippen molar-refractivity contribution in [2.24, 2.45) is 5.10 Å². The van der Waals surface area contributed by atoms with E-state index in [4.69, 9.17) is 9.47 Å². The van der Waals surface area contributed by atoms with Gasteiger partial charge in [-0.15, -0.1) is 0 Å². The Morgan fingerprint density at radius 1 is 0.919 bits per heavy atom. The number of esters is 1. The van der Waals surface area contributed by atoms with Crippen LogP contribution in [0.25, 0.3) is 0 Å². The van der Waals surface area contributed by atoms with Gasteiger partial charge >= 0.3 is 5.97 Å². The number of nitrogens with one attached hydrogen (secondary N) is 1. The van der Waals surface area contributed by atoms with Gasteiger partial charge in [-0.05, 0) is 35.4 Å². The average molecular weight is 526 g/mol. The quantitative estimate of drug-likeness (QED) is 0.232. The van der Waals surface area contributed by atoms with Gasteiger partial charge in [-0.1, -0.05) is 42.5 Å². The van der Waals surface area contributed by atoms with Gasteiger partial charge in [0.2, 0.25) is 10.0 Å². The molecule has 0 fully saturated rings. The van der Waals surface area contributed by atoms with Gasteiger partial charge in [-0.3, -0.25) is 4.79 Å². The number of benzene rings is 3. The van der Waals surface area contributed by atoms with Crippen molar-refractivity contribution in [1.82, 2.24) is 9.73 Å². The molecule has 0 unspecified atom stereocenters. The smallest absolute Gasteiger partial charge is 0.337 e. The molecule has 0 saturated heterocycles. The van der Waals surface area contributed by atoms with Gasteiger partial charge in [0.05, 0.1) is 44.5 Å². The summed E-state index contributed by atoms with van der Waals surface area (Å²) in [6, 6.07) is 19.5. The summed E-state index contributed by atoms with van der Waals surface area (Å²) < 4.78 is 43.2. The molecule has 0 heterocycles. The van der Waals surface area contributed by atoms with Crippen LogP contribution in [0, 0.1) is 0 Å². The molecule has 0 radical (unpaired) electrons. The average Bonchev–Trinajstić information content (AvgIpc) is 2.92. The topological polar surface area (TPSA) is 124 Å². The first-order valence-electron chi connectivity index (χ1n) is 11.0. The van der Waals surface area contributed by atoms with Crippen molar-refractivity contribution in [3.05, 3.63) is 89.5 Å². The fraction of sp³-hybridized carbons (Fsp3) is 0.192. The Hall–Kier alpha value is -4.22. The molecule has 0 atom stereocenters. The molecule has 0 saturated carbocycles. The molecule has 11 heteroatoms. The summed E-state index contributed by atoms with van der Waals surface area (Å²) in [5.41, 5.74) is 4.04. The van der Waals surface area contributed by atoms with E-state index in [0.717, 1.165) is 4.31 Å². The second-order valence-corrected chi connectivity index (χ2v) is 9.62. The van der Waals surface area contributed by atoms with Crippen molar-refractivity contribution in [2.45, 2.75) is 11.4 Å². The molecule has 3 aromatic rings. The number of carbonyl (C=O) groups is 2. The fourth-order valence-electron chi connectivity index (χ4n) is 3.34. The van der Waals surface area contributed by atoms with E-state index >= 15 is 0 Å². The SMILES string of the molecule is COC(=O)c1ccc(/C=N\NC(=O)CN(Cc2ccccc2)S(=O)(=O)c2ccc(OC)c(OC)c2)cc1. The summed E-state index contributed by atoms with van der Waals surface area (Å²) >= 11 is 0. The standard InChI is InChI=1S/C26H27N3O7S/c1-34-23-14-13-22(15-24(23)35-2)37(32,33)29(17-20-7-5-4-6-8-20)18-25(30)28-27-16-19-9-11-21(12-10-19)26(31)36-3/h4-16H,17-18H2,1-3H3,(H,28,30)/b27-16-. The highest BCUT2D eigenvalue weighted by Gasteiger charge is 2.28. The van der Waals surface area contributed by atoms with Crippen molar-refractivity contribution in [2.75, 3.05) is 27.9 Å². The number of hydrazone groups is 1. The Morgan fingerprint density at radius 2 is 1.59 bits per heavy atom. The minimum atomic E-state index is -4.10. The van der Waals surface area contributed by atoms with Gasteiger partial charge in [0.25, 0.3) is 5.91 Å². The highest BCUT2D eigenvalue weighted by Crippen LogP contribution is 2.31. The molecular weight excluding hydrogens is 498 g/mol. The largest absolute Gasteiger partial charge is 0.493 e. The van der Waals surface area contributed by atoms with E-state index in [1.165, 1.54) is 45.7 Å². The Morgan fingerprint density at radius 3 is 2.22 bits per heavy atom. The second-order valence-electron chi connectivity index (χ2n) is 7.68. The molecular formula is C26H27N3O7S. The number of amides is 1. The van der Waals surface area contributed by atoms with Crippen LogP contribution in [0.4, 0.5) is 0 Å². The summed E-state index contributed by atoms with van der Waals surface area (Å²) in [6.45, 7) is -0.520. The van der Waals surface area contributed by atoms with Crippen LogP contribution in [0.1, 0.15) is 21.5 Å². The zero-order valence-electron chi connectivity index (χ0n) is 20.6.